The van der Waals surface area contributed by atoms with Gasteiger partial charge in [0.2, 0.25) is 5.91 Å². The summed E-state index contributed by atoms with van der Waals surface area (Å²) in [6.07, 6.45) is 0.203. The minimum atomic E-state index is -0.659. The number of hydrogen-bond acceptors (Lipinski definition) is 1. The van der Waals surface area contributed by atoms with Crippen LogP contribution in [0.1, 0.15) is 24.1 Å². The van der Waals surface area contributed by atoms with Gasteiger partial charge in [-0.15, -0.1) is 0 Å². The lowest BCUT2D eigenvalue weighted by Gasteiger charge is -2.15. The van der Waals surface area contributed by atoms with Gasteiger partial charge in [-0.05, 0) is 29.3 Å². The Labute approximate surface area is 139 Å². The Hall–Kier alpha value is -2.75. The number of nitrogens with one attached hydrogen (secondary N) is 1. The van der Waals surface area contributed by atoms with Crippen LogP contribution in [0.4, 0.5) is 8.78 Å². The molecule has 3 aromatic rings. The minimum absolute atomic E-state index is 0.203. The van der Waals surface area contributed by atoms with Gasteiger partial charge in [0.25, 0.3) is 0 Å². The summed E-state index contributed by atoms with van der Waals surface area (Å²) in [6, 6.07) is 16.5. The molecule has 1 atom stereocenters. The predicted molar refractivity (Wildman–Crippen MR) is 90.6 cm³/mol. The van der Waals surface area contributed by atoms with Gasteiger partial charge >= 0.3 is 0 Å². The summed E-state index contributed by atoms with van der Waals surface area (Å²) < 4.78 is 26.8. The van der Waals surface area contributed by atoms with E-state index in [0.717, 1.165) is 22.4 Å². The van der Waals surface area contributed by atoms with Gasteiger partial charge < -0.3 is 5.32 Å². The van der Waals surface area contributed by atoms with Crippen molar-refractivity contribution in [2.75, 3.05) is 0 Å². The van der Waals surface area contributed by atoms with E-state index in [1.165, 1.54) is 12.1 Å². The molecule has 4 heteroatoms. The number of hydrogen-bond donors (Lipinski definition) is 1. The predicted octanol–water partition coefficient (Wildman–Crippen LogP) is 4.54. The molecule has 0 aliphatic carbocycles. The van der Waals surface area contributed by atoms with Gasteiger partial charge in [0.1, 0.15) is 11.6 Å². The zero-order valence-corrected chi connectivity index (χ0v) is 13.2. The number of halogens is 2. The monoisotopic (exact) mass is 325 g/mol. The maximum atomic E-state index is 13.8. The van der Waals surface area contributed by atoms with Crippen LogP contribution < -0.4 is 5.32 Å². The third-order valence-electron chi connectivity index (χ3n) is 4.04. The van der Waals surface area contributed by atoms with Crippen molar-refractivity contribution in [3.63, 3.8) is 0 Å². The van der Waals surface area contributed by atoms with Crippen LogP contribution in [0.15, 0.2) is 60.7 Å². The Balaban J connectivity index is 1.75. The molecule has 24 heavy (non-hydrogen) atoms. The highest BCUT2D eigenvalue weighted by Crippen LogP contribution is 2.20. The molecule has 1 amide bonds. The summed E-state index contributed by atoms with van der Waals surface area (Å²) >= 11 is 0. The number of amides is 1. The Morgan fingerprint density at radius 1 is 1.04 bits per heavy atom. The standard InChI is InChI=1S/C20H17F2NO/c1-13(17-10-9-16(21)12-19(17)22)23-20(24)11-15-7-4-6-14-5-2-3-8-18(14)15/h2-10,12-13H,11H2,1H3,(H,23,24)/t13-/m0/s1. The van der Waals surface area contributed by atoms with Crippen LogP contribution in [0.2, 0.25) is 0 Å². The first-order valence-corrected chi connectivity index (χ1v) is 7.75. The van der Waals surface area contributed by atoms with Crippen molar-refractivity contribution in [1.29, 1.82) is 0 Å². The fourth-order valence-electron chi connectivity index (χ4n) is 2.84. The summed E-state index contributed by atoms with van der Waals surface area (Å²) in [5.74, 6) is -1.50. The third kappa shape index (κ3) is 3.43. The number of carbonyl (C=O) groups excluding carboxylic acids is 1. The van der Waals surface area contributed by atoms with E-state index in [4.69, 9.17) is 0 Å². The molecule has 0 fully saturated rings. The van der Waals surface area contributed by atoms with Crippen molar-refractivity contribution in [2.24, 2.45) is 0 Å². The third-order valence-corrected chi connectivity index (χ3v) is 4.04. The zero-order chi connectivity index (χ0) is 17.1. The van der Waals surface area contributed by atoms with Gasteiger partial charge in [0, 0.05) is 11.6 Å². The van der Waals surface area contributed by atoms with E-state index in [1.54, 1.807) is 6.92 Å². The average molecular weight is 325 g/mol. The smallest absolute Gasteiger partial charge is 0.224 e. The highest BCUT2D eigenvalue weighted by molar-refractivity contribution is 5.90. The highest BCUT2D eigenvalue weighted by Gasteiger charge is 2.15. The first-order valence-electron chi connectivity index (χ1n) is 7.75. The van der Waals surface area contributed by atoms with Crippen molar-refractivity contribution < 1.29 is 13.6 Å². The van der Waals surface area contributed by atoms with Crippen LogP contribution in [0.5, 0.6) is 0 Å². The molecule has 1 N–H and O–H groups in total. The number of rotatable bonds is 4. The first kappa shape index (κ1) is 16.1. The van der Waals surface area contributed by atoms with Crippen LogP contribution >= 0.6 is 0 Å². The Bertz CT molecular complexity index is 886. The van der Waals surface area contributed by atoms with E-state index in [2.05, 4.69) is 5.32 Å². The van der Waals surface area contributed by atoms with E-state index in [0.29, 0.717) is 0 Å². The summed E-state index contributed by atoms with van der Waals surface area (Å²) in [4.78, 5) is 12.3. The summed E-state index contributed by atoms with van der Waals surface area (Å²) in [5.41, 5.74) is 1.18. The fraction of sp³-hybridized carbons (Fsp3) is 0.150. The first-order chi connectivity index (χ1) is 11.5. The SMILES string of the molecule is C[C@H](NC(=O)Cc1cccc2ccccc12)c1ccc(F)cc1F. The molecule has 0 aliphatic rings. The molecule has 0 heterocycles. The molecule has 0 radical (unpaired) electrons. The van der Waals surface area contributed by atoms with Gasteiger partial charge in [-0.2, -0.15) is 0 Å². The van der Waals surface area contributed by atoms with Crippen LogP contribution in [-0.2, 0) is 11.2 Å². The summed E-state index contributed by atoms with van der Waals surface area (Å²) in [7, 11) is 0. The fourth-order valence-corrected chi connectivity index (χ4v) is 2.84. The van der Waals surface area contributed by atoms with Gasteiger partial charge in [-0.1, -0.05) is 48.5 Å². The second-order valence-electron chi connectivity index (χ2n) is 5.77. The van der Waals surface area contributed by atoms with Crippen molar-refractivity contribution in [3.8, 4) is 0 Å². The lowest BCUT2D eigenvalue weighted by atomic mass is 10.0. The quantitative estimate of drug-likeness (QED) is 0.750. The molecule has 0 saturated heterocycles. The normalized spacial score (nSPS) is 12.1. The van der Waals surface area contributed by atoms with Crippen molar-refractivity contribution in [1.82, 2.24) is 5.32 Å². The van der Waals surface area contributed by atoms with Crippen molar-refractivity contribution in [3.05, 3.63) is 83.4 Å². The second-order valence-corrected chi connectivity index (χ2v) is 5.77. The van der Waals surface area contributed by atoms with E-state index >= 15 is 0 Å². The molecule has 0 aliphatic heterocycles. The molecule has 0 unspecified atom stereocenters. The molecule has 122 valence electrons. The van der Waals surface area contributed by atoms with Crippen molar-refractivity contribution >= 4 is 16.7 Å². The van der Waals surface area contributed by atoms with E-state index in [9.17, 15) is 13.6 Å². The van der Waals surface area contributed by atoms with Gasteiger partial charge in [-0.3, -0.25) is 4.79 Å². The number of carbonyl (C=O) groups is 1. The molecule has 0 saturated carbocycles. The molecule has 0 spiro atoms. The second kappa shape index (κ2) is 6.79. The summed E-state index contributed by atoms with van der Waals surface area (Å²) in [5, 5.41) is 4.86. The lowest BCUT2D eigenvalue weighted by molar-refractivity contribution is -0.121. The lowest BCUT2D eigenvalue weighted by Crippen LogP contribution is -2.28. The van der Waals surface area contributed by atoms with Crippen LogP contribution in [0.3, 0.4) is 0 Å². The van der Waals surface area contributed by atoms with Crippen LogP contribution in [0, 0.1) is 11.6 Å². The number of benzene rings is 3. The summed E-state index contributed by atoms with van der Waals surface area (Å²) in [6.45, 7) is 1.68. The molecule has 0 aromatic heterocycles. The van der Waals surface area contributed by atoms with Crippen molar-refractivity contribution in [2.45, 2.75) is 19.4 Å². The molecule has 2 nitrogen and oxygen atoms in total. The average Bonchev–Trinajstić information content (AvgIpc) is 2.55. The maximum absolute atomic E-state index is 13.8. The molecule has 3 rings (SSSR count). The van der Waals surface area contributed by atoms with Crippen LogP contribution in [-0.4, -0.2) is 5.91 Å². The van der Waals surface area contributed by atoms with Gasteiger partial charge in [-0.25, -0.2) is 8.78 Å². The number of fused-ring (bicyclic) bond motifs is 1. The zero-order valence-electron chi connectivity index (χ0n) is 13.2. The maximum Gasteiger partial charge on any atom is 0.224 e. The van der Waals surface area contributed by atoms with E-state index in [-0.39, 0.29) is 17.9 Å². The van der Waals surface area contributed by atoms with Gasteiger partial charge in [0.05, 0.1) is 12.5 Å². The van der Waals surface area contributed by atoms with Gasteiger partial charge in [0.15, 0.2) is 0 Å². The van der Waals surface area contributed by atoms with E-state index < -0.39 is 17.7 Å². The largest absolute Gasteiger partial charge is 0.349 e. The van der Waals surface area contributed by atoms with E-state index in [1.807, 2.05) is 42.5 Å². The molecule has 3 aromatic carbocycles. The molecular formula is C20H17F2NO. The molecule has 0 bridgehead atoms. The minimum Gasteiger partial charge on any atom is -0.349 e. The highest BCUT2D eigenvalue weighted by atomic mass is 19.1. The molecular weight excluding hydrogens is 308 g/mol. The topological polar surface area (TPSA) is 29.1 Å². The Morgan fingerprint density at radius 2 is 1.79 bits per heavy atom. The van der Waals surface area contributed by atoms with Crippen LogP contribution in [0.25, 0.3) is 10.8 Å². The Morgan fingerprint density at radius 3 is 2.58 bits per heavy atom. The Kier molecular flexibility index (Phi) is 4.56.